The zero-order valence-electron chi connectivity index (χ0n) is 20.6. The molecular weight excluding hydrogens is 442 g/mol. The van der Waals surface area contributed by atoms with Crippen LogP contribution in [0, 0.1) is 5.92 Å². The maximum atomic E-state index is 12.6. The molecule has 0 unspecified atom stereocenters. The molecule has 1 aliphatic heterocycles. The van der Waals surface area contributed by atoms with Gasteiger partial charge in [0.25, 0.3) is 5.91 Å². The van der Waals surface area contributed by atoms with Crippen LogP contribution in [0.4, 0.5) is 11.5 Å². The van der Waals surface area contributed by atoms with Gasteiger partial charge in [-0.2, -0.15) is 0 Å². The first kappa shape index (κ1) is 24.6. The van der Waals surface area contributed by atoms with E-state index in [0.717, 1.165) is 30.6 Å². The fourth-order valence-electron chi connectivity index (χ4n) is 4.06. The summed E-state index contributed by atoms with van der Waals surface area (Å²) >= 11 is 0. The van der Waals surface area contributed by atoms with Gasteiger partial charge in [-0.15, -0.1) is 0 Å². The van der Waals surface area contributed by atoms with Gasteiger partial charge in [0.2, 0.25) is 5.91 Å². The van der Waals surface area contributed by atoms with Gasteiger partial charge in [-0.25, -0.2) is 0 Å². The summed E-state index contributed by atoms with van der Waals surface area (Å²) in [6.07, 6.45) is 5.35. The van der Waals surface area contributed by atoms with E-state index in [-0.39, 0.29) is 23.7 Å². The van der Waals surface area contributed by atoms with E-state index >= 15 is 0 Å². The summed E-state index contributed by atoms with van der Waals surface area (Å²) in [6, 6.07) is 12.7. The van der Waals surface area contributed by atoms with Crippen molar-refractivity contribution >= 4 is 23.3 Å². The number of anilines is 2. The molecule has 3 heterocycles. The Balaban J connectivity index is 1.27. The number of piperidine rings is 1. The highest BCUT2D eigenvalue weighted by atomic mass is 16.5. The number of pyridine rings is 1. The molecule has 0 radical (unpaired) electrons. The van der Waals surface area contributed by atoms with Crippen LogP contribution in [0.3, 0.4) is 0 Å². The van der Waals surface area contributed by atoms with Gasteiger partial charge in [0.1, 0.15) is 11.5 Å². The summed E-state index contributed by atoms with van der Waals surface area (Å²) in [4.78, 5) is 29.3. The number of carbonyl (C=O) groups excluding carboxylic acids is 2. The Morgan fingerprint density at radius 1 is 1.03 bits per heavy atom. The summed E-state index contributed by atoms with van der Waals surface area (Å²) in [5.41, 5.74) is 2.83. The topological polar surface area (TPSA) is 109 Å². The highest BCUT2D eigenvalue weighted by Gasteiger charge is 2.20. The molecule has 35 heavy (non-hydrogen) atoms. The number of hydrogen-bond donors (Lipinski definition) is 3. The zero-order valence-corrected chi connectivity index (χ0v) is 20.6. The Morgan fingerprint density at radius 2 is 1.74 bits per heavy atom. The van der Waals surface area contributed by atoms with Gasteiger partial charge in [-0.1, -0.05) is 44.1 Å². The molecule has 0 bridgehead atoms. The van der Waals surface area contributed by atoms with Gasteiger partial charge >= 0.3 is 0 Å². The number of carbonyl (C=O) groups is 2. The van der Waals surface area contributed by atoms with Crippen LogP contribution in [-0.2, 0) is 23.1 Å². The van der Waals surface area contributed by atoms with E-state index in [1.165, 1.54) is 12.8 Å². The maximum Gasteiger partial charge on any atom is 0.274 e. The molecule has 2 aromatic heterocycles. The molecule has 0 aliphatic carbocycles. The number of hydrogen-bond acceptors (Lipinski definition) is 6. The van der Waals surface area contributed by atoms with Crippen LogP contribution < -0.4 is 16.0 Å². The molecule has 1 saturated heterocycles. The number of nitrogens with zero attached hydrogens (tertiary/aromatic N) is 2. The smallest absolute Gasteiger partial charge is 0.274 e. The Labute approximate surface area is 205 Å². The zero-order chi connectivity index (χ0) is 24.8. The van der Waals surface area contributed by atoms with Gasteiger partial charge in [0, 0.05) is 23.4 Å². The van der Waals surface area contributed by atoms with Crippen molar-refractivity contribution in [1.82, 2.24) is 15.5 Å². The van der Waals surface area contributed by atoms with Crippen molar-refractivity contribution in [2.45, 2.75) is 51.9 Å². The largest absolute Gasteiger partial charge is 0.359 e. The Kier molecular flexibility index (Phi) is 7.60. The monoisotopic (exact) mass is 475 g/mol. The molecule has 184 valence electrons. The van der Waals surface area contributed by atoms with Crippen LogP contribution in [0.5, 0.6) is 0 Å². The minimum absolute atomic E-state index is 0.180. The van der Waals surface area contributed by atoms with Crippen molar-refractivity contribution in [2.75, 3.05) is 23.7 Å². The second-order valence-electron chi connectivity index (χ2n) is 10.2. The molecule has 1 aliphatic rings. The van der Waals surface area contributed by atoms with E-state index in [2.05, 4.69) is 26.1 Å². The SMILES string of the molecule is CC(C)(C)c1cc(NC(=O)Cc2ccc(NC(=O)c3ccc(CC4CCNCC4)cn3)cc2)no1. The van der Waals surface area contributed by atoms with Crippen LogP contribution in [-0.4, -0.2) is 35.0 Å². The van der Waals surface area contributed by atoms with E-state index in [1.54, 1.807) is 30.5 Å². The van der Waals surface area contributed by atoms with Crippen molar-refractivity contribution in [3.8, 4) is 0 Å². The van der Waals surface area contributed by atoms with Gasteiger partial charge in [-0.3, -0.25) is 14.6 Å². The lowest BCUT2D eigenvalue weighted by Crippen LogP contribution is -2.28. The fourth-order valence-corrected chi connectivity index (χ4v) is 4.06. The molecule has 1 aromatic carbocycles. The van der Waals surface area contributed by atoms with Crippen molar-refractivity contribution in [2.24, 2.45) is 5.92 Å². The molecule has 3 aromatic rings. The van der Waals surface area contributed by atoms with Crippen molar-refractivity contribution < 1.29 is 14.1 Å². The van der Waals surface area contributed by atoms with E-state index in [1.807, 2.05) is 39.0 Å². The number of nitrogens with one attached hydrogen (secondary N) is 3. The van der Waals surface area contributed by atoms with Crippen LogP contribution >= 0.6 is 0 Å². The lowest BCUT2D eigenvalue weighted by atomic mass is 9.91. The molecule has 4 rings (SSSR count). The quantitative estimate of drug-likeness (QED) is 0.469. The lowest BCUT2D eigenvalue weighted by Gasteiger charge is -2.22. The molecule has 2 amide bonds. The van der Waals surface area contributed by atoms with Crippen LogP contribution in [0.15, 0.2) is 53.2 Å². The van der Waals surface area contributed by atoms with E-state index < -0.39 is 0 Å². The van der Waals surface area contributed by atoms with Crippen molar-refractivity contribution in [3.05, 3.63) is 71.2 Å². The third kappa shape index (κ3) is 6.99. The molecule has 8 heteroatoms. The van der Waals surface area contributed by atoms with Gasteiger partial charge in [0.15, 0.2) is 5.82 Å². The molecule has 0 atom stereocenters. The van der Waals surface area contributed by atoms with Crippen LogP contribution in [0.25, 0.3) is 0 Å². The van der Waals surface area contributed by atoms with Crippen LogP contribution in [0.2, 0.25) is 0 Å². The second-order valence-corrected chi connectivity index (χ2v) is 10.2. The maximum absolute atomic E-state index is 12.6. The summed E-state index contributed by atoms with van der Waals surface area (Å²) in [7, 11) is 0. The first-order chi connectivity index (χ1) is 16.8. The molecule has 1 fully saturated rings. The summed E-state index contributed by atoms with van der Waals surface area (Å²) in [5, 5.41) is 12.9. The van der Waals surface area contributed by atoms with Gasteiger partial charge < -0.3 is 20.5 Å². The Bertz CT molecular complexity index is 1140. The Hall–Kier alpha value is -3.52. The third-order valence-electron chi connectivity index (χ3n) is 6.13. The average molecular weight is 476 g/mol. The number of benzene rings is 1. The number of amides is 2. The molecule has 0 saturated carbocycles. The predicted molar refractivity (Wildman–Crippen MR) is 135 cm³/mol. The van der Waals surface area contributed by atoms with Gasteiger partial charge in [-0.05, 0) is 67.6 Å². The lowest BCUT2D eigenvalue weighted by molar-refractivity contribution is -0.115. The summed E-state index contributed by atoms with van der Waals surface area (Å²) < 4.78 is 5.30. The van der Waals surface area contributed by atoms with E-state index in [0.29, 0.717) is 28.9 Å². The number of aromatic nitrogens is 2. The van der Waals surface area contributed by atoms with Gasteiger partial charge in [0.05, 0.1) is 6.42 Å². The van der Waals surface area contributed by atoms with E-state index in [4.69, 9.17) is 4.52 Å². The van der Waals surface area contributed by atoms with Crippen LogP contribution in [0.1, 0.15) is 61.0 Å². The molecule has 3 N–H and O–H groups in total. The summed E-state index contributed by atoms with van der Waals surface area (Å²) in [6.45, 7) is 8.19. The van der Waals surface area contributed by atoms with Crippen molar-refractivity contribution in [1.29, 1.82) is 0 Å². The normalized spacial score (nSPS) is 14.5. The Morgan fingerprint density at radius 3 is 2.37 bits per heavy atom. The van der Waals surface area contributed by atoms with E-state index in [9.17, 15) is 9.59 Å². The number of rotatable bonds is 7. The molecule has 8 nitrogen and oxygen atoms in total. The first-order valence-electron chi connectivity index (χ1n) is 12.1. The minimum Gasteiger partial charge on any atom is -0.359 e. The molecule has 0 spiro atoms. The standard InChI is InChI=1S/C27H33N5O3/c1-27(2,3)23-16-24(32-35-23)31-25(33)15-18-4-7-21(8-5-18)30-26(34)22-9-6-20(17-29-22)14-19-10-12-28-13-11-19/h4-9,16-17,19,28H,10-15H2,1-3H3,(H,30,34)(H,31,32,33). The second kappa shape index (κ2) is 10.8. The fraction of sp³-hybridized carbons (Fsp3) is 0.407. The van der Waals surface area contributed by atoms with Crippen molar-refractivity contribution in [3.63, 3.8) is 0 Å². The average Bonchev–Trinajstić information content (AvgIpc) is 3.30. The third-order valence-corrected chi connectivity index (χ3v) is 6.13. The predicted octanol–water partition coefficient (Wildman–Crippen LogP) is 4.34. The highest BCUT2D eigenvalue weighted by molar-refractivity contribution is 6.02. The molecular formula is C27H33N5O3. The minimum atomic E-state index is -0.260. The highest BCUT2D eigenvalue weighted by Crippen LogP contribution is 2.24. The first-order valence-corrected chi connectivity index (χ1v) is 12.1. The summed E-state index contributed by atoms with van der Waals surface area (Å²) in [5.74, 6) is 1.33.